The van der Waals surface area contributed by atoms with Gasteiger partial charge < -0.3 is 4.90 Å². The lowest BCUT2D eigenvalue weighted by atomic mass is 9.96. The second kappa shape index (κ2) is 4.95. The first-order valence-electron chi connectivity index (χ1n) is 5.15. The number of hydrogen-bond acceptors (Lipinski definition) is 2. The van der Waals surface area contributed by atoms with E-state index in [2.05, 4.69) is 41.7 Å². The quantitative estimate of drug-likeness (QED) is 0.837. The van der Waals surface area contributed by atoms with Gasteiger partial charge >= 0.3 is 0 Å². The molecule has 1 heterocycles. The molecule has 0 fully saturated rings. The second-order valence-electron chi connectivity index (χ2n) is 5.11. The molecule has 0 aromatic carbocycles. The zero-order valence-electron chi connectivity index (χ0n) is 10.1. The number of carbonyl (C=O) groups excluding carboxylic acids is 1. The lowest BCUT2D eigenvalue weighted by Gasteiger charge is -2.26. The highest BCUT2D eigenvalue weighted by molar-refractivity contribution is 9.10. The largest absolute Gasteiger partial charge is 0.341 e. The maximum absolute atomic E-state index is 12.0. The van der Waals surface area contributed by atoms with Crippen molar-refractivity contribution >= 4 is 21.8 Å². The summed E-state index contributed by atoms with van der Waals surface area (Å²) >= 11 is 3.31. The molecule has 0 bridgehead atoms. The predicted octanol–water partition coefficient (Wildman–Crippen LogP) is 2.96. The topological polar surface area (TPSA) is 33.2 Å². The molecule has 4 heteroatoms. The molecule has 1 amide bonds. The van der Waals surface area contributed by atoms with Crippen molar-refractivity contribution in [2.75, 3.05) is 13.6 Å². The SMILES string of the molecule is CN(CC(C)(C)C)C(=O)c1cncc(Br)c1. The summed E-state index contributed by atoms with van der Waals surface area (Å²) in [6.45, 7) is 7.04. The molecule has 1 rings (SSSR count). The Hall–Kier alpha value is -0.900. The lowest BCUT2D eigenvalue weighted by Crippen LogP contribution is -2.34. The molecule has 0 aliphatic heterocycles. The molecule has 3 nitrogen and oxygen atoms in total. The van der Waals surface area contributed by atoms with Crippen LogP contribution in [0.5, 0.6) is 0 Å². The van der Waals surface area contributed by atoms with E-state index in [4.69, 9.17) is 0 Å². The highest BCUT2D eigenvalue weighted by atomic mass is 79.9. The van der Waals surface area contributed by atoms with Crippen LogP contribution in [0.4, 0.5) is 0 Å². The van der Waals surface area contributed by atoms with E-state index < -0.39 is 0 Å². The van der Waals surface area contributed by atoms with Gasteiger partial charge in [-0.05, 0) is 27.4 Å². The van der Waals surface area contributed by atoms with Crippen LogP contribution < -0.4 is 0 Å². The molecule has 0 saturated heterocycles. The van der Waals surface area contributed by atoms with Crippen LogP contribution >= 0.6 is 15.9 Å². The van der Waals surface area contributed by atoms with Crippen LogP contribution in [-0.2, 0) is 0 Å². The fourth-order valence-electron chi connectivity index (χ4n) is 1.53. The van der Waals surface area contributed by atoms with Gasteiger partial charge in [0.2, 0.25) is 0 Å². The van der Waals surface area contributed by atoms with Gasteiger partial charge in [0.25, 0.3) is 5.91 Å². The molecular formula is C12H17BrN2O. The van der Waals surface area contributed by atoms with E-state index in [0.29, 0.717) is 5.56 Å². The molecule has 0 saturated carbocycles. The van der Waals surface area contributed by atoms with E-state index in [1.54, 1.807) is 23.4 Å². The van der Waals surface area contributed by atoms with E-state index in [1.165, 1.54) is 0 Å². The minimum absolute atomic E-state index is 0.00345. The van der Waals surface area contributed by atoms with E-state index in [0.717, 1.165) is 11.0 Å². The van der Waals surface area contributed by atoms with Crippen molar-refractivity contribution in [1.82, 2.24) is 9.88 Å². The zero-order chi connectivity index (χ0) is 12.3. The average Bonchev–Trinajstić information content (AvgIpc) is 2.14. The predicted molar refractivity (Wildman–Crippen MR) is 68.4 cm³/mol. The minimum Gasteiger partial charge on any atom is -0.341 e. The first-order chi connectivity index (χ1) is 7.29. The van der Waals surface area contributed by atoms with E-state index in [-0.39, 0.29) is 11.3 Å². The van der Waals surface area contributed by atoms with Gasteiger partial charge in [-0.15, -0.1) is 0 Å². The van der Waals surface area contributed by atoms with Gasteiger partial charge in [0.15, 0.2) is 0 Å². The Morgan fingerprint density at radius 3 is 2.56 bits per heavy atom. The van der Waals surface area contributed by atoms with Gasteiger partial charge in [0, 0.05) is 30.5 Å². The third kappa shape index (κ3) is 3.93. The number of pyridine rings is 1. The molecule has 0 radical (unpaired) electrons. The number of hydrogen-bond donors (Lipinski definition) is 0. The summed E-state index contributed by atoms with van der Waals surface area (Å²) in [7, 11) is 1.81. The molecule has 16 heavy (non-hydrogen) atoms. The molecule has 0 spiro atoms. The van der Waals surface area contributed by atoms with E-state index in [1.807, 2.05) is 7.05 Å². The summed E-state index contributed by atoms with van der Waals surface area (Å²) in [5.41, 5.74) is 0.713. The highest BCUT2D eigenvalue weighted by Gasteiger charge is 2.19. The van der Waals surface area contributed by atoms with Crippen LogP contribution in [0.15, 0.2) is 22.9 Å². The number of rotatable bonds is 2. The number of amides is 1. The summed E-state index contributed by atoms with van der Waals surface area (Å²) in [6, 6.07) is 1.79. The van der Waals surface area contributed by atoms with Crippen LogP contribution in [0.2, 0.25) is 0 Å². The number of aromatic nitrogens is 1. The normalized spacial score (nSPS) is 11.3. The molecule has 1 aromatic heterocycles. The number of halogens is 1. The Morgan fingerprint density at radius 1 is 1.44 bits per heavy atom. The molecule has 1 aromatic rings. The molecule has 0 aliphatic carbocycles. The standard InChI is InChI=1S/C12H17BrN2O/c1-12(2,3)8-15(4)11(16)9-5-10(13)7-14-6-9/h5-7H,8H2,1-4H3. The highest BCUT2D eigenvalue weighted by Crippen LogP contribution is 2.17. The number of nitrogens with zero attached hydrogens (tertiary/aromatic N) is 2. The molecular weight excluding hydrogens is 268 g/mol. The van der Waals surface area contributed by atoms with Crippen molar-refractivity contribution in [3.63, 3.8) is 0 Å². The third-order valence-electron chi connectivity index (χ3n) is 2.01. The number of carbonyl (C=O) groups is 1. The van der Waals surface area contributed by atoms with Crippen molar-refractivity contribution < 1.29 is 4.79 Å². The smallest absolute Gasteiger partial charge is 0.255 e. The van der Waals surface area contributed by atoms with E-state index >= 15 is 0 Å². The van der Waals surface area contributed by atoms with Crippen LogP contribution in [0, 0.1) is 5.41 Å². The molecule has 88 valence electrons. The summed E-state index contributed by atoms with van der Waals surface area (Å²) in [4.78, 5) is 17.8. The van der Waals surface area contributed by atoms with Crippen molar-refractivity contribution in [3.05, 3.63) is 28.5 Å². The van der Waals surface area contributed by atoms with Crippen LogP contribution in [0.25, 0.3) is 0 Å². The van der Waals surface area contributed by atoms with Gasteiger partial charge in [-0.1, -0.05) is 20.8 Å². The van der Waals surface area contributed by atoms with Crippen molar-refractivity contribution in [3.8, 4) is 0 Å². The minimum atomic E-state index is 0.00345. The maximum atomic E-state index is 12.0. The molecule has 0 unspecified atom stereocenters. The van der Waals surface area contributed by atoms with Gasteiger partial charge in [-0.2, -0.15) is 0 Å². The van der Waals surface area contributed by atoms with Crippen molar-refractivity contribution in [1.29, 1.82) is 0 Å². The monoisotopic (exact) mass is 284 g/mol. The Bertz CT molecular complexity index is 385. The Kier molecular flexibility index (Phi) is 4.08. The molecule has 0 atom stereocenters. The fourth-order valence-corrected chi connectivity index (χ4v) is 1.90. The van der Waals surface area contributed by atoms with E-state index in [9.17, 15) is 4.79 Å². The van der Waals surface area contributed by atoms with Crippen molar-refractivity contribution in [2.45, 2.75) is 20.8 Å². The van der Waals surface area contributed by atoms with Gasteiger partial charge in [-0.25, -0.2) is 0 Å². The Balaban J connectivity index is 2.78. The summed E-state index contributed by atoms with van der Waals surface area (Å²) in [5.74, 6) is 0.00345. The fraction of sp³-hybridized carbons (Fsp3) is 0.500. The third-order valence-corrected chi connectivity index (χ3v) is 2.44. The summed E-state index contributed by atoms with van der Waals surface area (Å²) in [6.07, 6.45) is 3.26. The Labute approximate surface area is 105 Å². The van der Waals surface area contributed by atoms with Crippen LogP contribution in [-0.4, -0.2) is 29.4 Å². The summed E-state index contributed by atoms with van der Waals surface area (Å²) in [5, 5.41) is 0. The average molecular weight is 285 g/mol. The molecule has 0 aliphatic rings. The Morgan fingerprint density at radius 2 is 2.06 bits per heavy atom. The first-order valence-corrected chi connectivity index (χ1v) is 5.95. The summed E-state index contributed by atoms with van der Waals surface area (Å²) < 4.78 is 0.822. The zero-order valence-corrected chi connectivity index (χ0v) is 11.7. The van der Waals surface area contributed by atoms with Crippen LogP contribution in [0.1, 0.15) is 31.1 Å². The lowest BCUT2D eigenvalue weighted by molar-refractivity contribution is 0.0745. The van der Waals surface area contributed by atoms with Crippen molar-refractivity contribution in [2.24, 2.45) is 5.41 Å². The maximum Gasteiger partial charge on any atom is 0.255 e. The second-order valence-corrected chi connectivity index (χ2v) is 6.03. The molecule has 0 N–H and O–H groups in total. The van der Waals surface area contributed by atoms with Crippen LogP contribution in [0.3, 0.4) is 0 Å². The van der Waals surface area contributed by atoms with Gasteiger partial charge in [-0.3, -0.25) is 9.78 Å². The van der Waals surface area contributed by atoms with Gasteiger partial charge in [0.1, 0.15) is 0 Å². The van der Waals surface area contributed by atoms with Gasteiger partial charge in [0.05, 0.1) is 5.56 Å². The first kappa shape index (κ1) is 13.2.